The number of phenols is 1. The molecule has 0 radical (unpaired) electrons. The lowest BCUT2D eigenvalue weighted by molar-refractivity contribution is 0.469. The molecule has 4 nitrogen and oxygen atoms in total. The van der Waals surface area contributed by atoms with Crippen LogP contribution in [0.1, 0.15) is 23.4 Å². The molecule has 2 aromatic rings. The molecule has 0 spiro atoms. The summed E-state index contributed by atoms with van der Waals surface area (Å²) in [4.78, 5) is 0. The van der Waals surface area contributed by atoms with Crippen LogP contribution in [0.25, 0.3) is 5.69 Å². The maximum Gasteiger partial charge on any atom is 0.166 e. The molecule has 1 aromatic heterocycles. The van der Waals surface area contributed by atoms with Crippen LogP contribution >= 0.6 is 0 Å². The highest BCUT2D eigenvalue weighted by molar-refractivity contribution is 5.49. The summed E-state index contributed by atoms with van der Waals surface area (Å²) in [5.41, 5.74) is 3.23. The molecule has 0 bridgehead atoms. The number of nitrogens with zero attached hydrogens (tertiary/aromatic N) is 3. The SMILES string of the molecule is N#Cc1nn(-c2ccccc2O)c2c1CCC2. The van der Waals surface area contributed by atoms with Gasteiger partial charge in [0.15, 0.2) is 5.69 Å². The highest BCUT2D eigenvalue weighted by atomic mass is 16.3. The number of phenolic OH excluding ortho intramolecular Hbond substituents is 1. The zero-order valence-corrected chi connectivity index (χ0v) is 9.22. The van der Waals surface area contributed by atoms with Crippen LogP contribution in [0, 0.1) is 11.3 Å². The molecule has 17 heavy (non-hydrogen) atoms. The maximum atomic E-state index is 9.83. The van der Waals surface area contributed by atoms with E-state index in [2.05, 4.69) is 11.2 Å². The predicted molar refractivity (Wildman–Crippen MR) is 62.0 cm³/mol. The van der Waals surface area contributed by atoms with E-state index in [9.17, 15) is 5.11 Å². The van der Waals surface area contributed by atoms with Crippen LogP contribution in [0.3, 0.4) is 0 Å². The van der Waals surface area contributed by atoms with Gasteiger partial charge in [0.05, 0.1) is 0 Å². The minimum absolute atomic E-state index is 0.189. The first-order chi connectivity index (χ1) is 8.31. The van der Waals surface area contributed by atoms with Crippen molar-refractivity contribution in [2.24, 2.45) is 0 Å². The summed E-state index contributed by atoms with van der Waals surface area (Å²) in [6.45, 7) is 0. The van der Waals surface area contributed by atoms with E-state index in [1.807, 2.05) is 12.1 Å². The van der Waals surface area contributed by atoms with E-state index < -0.39 is 0 Å². The number of aromatic hydroxyl groups is 1. The van der Waals surface area contributed by atoms with E-state index in [-0.39, 0.29) is 5.75 Å². The fourth-order valence-electron chi connectivity index (χ4n) is 2.37. The lowest BCUT2D eigenvalue weighted by Crippen LogP contribution is -2.01. The molecule has 1 aromatic carbocycles. The van der Waals surface area contributed by atoms with Gasteiger partial charge in [-0.2, -0.15) is 10.4 Å². The van der Waals surface area contributed by atoms with Crippen molar-refractivity contribution in [3.05, 3.63) is 41.2 Å². The van der Waals surface area contributed by atoms with Crippen molar-refractivity contribution >= 4 is 0 Å². The van der Waals surface area contributed by atoms with Crippen molar-refractivity contribution in [3.63, 3.8) is 0 Å². The Labute approximate surface area is 98.7 Å². The monoisotopic (exact) mass is 225 g/mol. The van der Waals surface area contributed by atoms with E-state index in [0.717, 1.165) is 30.5 Å². The Morgan fingerprint density at radius 1 is 1.29 bits per heavy atom. The fraction of sp³-hybridized carbons (Fsp3) is 0.231. The third-order valence-electron chi connectivity index (χ3n) is 3.15. The van der Waals surface area contributed by atoms with Gasteiger partial charge in [0, 0.05) is 11.3 Å². The Hall–Kier alpha value is -2.28. The number of rotatable bonds is 1. The molecule has 1 heterocycles. The largest absolute Gasteiger partial charge is 0.506 e. The van der Waals surface area contributed by atoms with Crippen LogP contribution in [0.2, 0.25) is 0 Å². The molecule has 0 saturated heterocycles. The van der Waals surface area contributed by atoms with Crippen molar-refractivity contribution in [2.45, 2.75) is 19.3 Å². The van der Waals surface area contributed by atoms with E-state index in [1.54, 1.807) is 16.8 Å². The standard InChI is InChI=1S/C13H11N3O/c14-8-10-9-4-3-6-11(9)16(15-10)12-5-1-2-7-13(12)17/h1-2,5,7,17H,3-4,6H2. The lowest BCUT2D eigenvalue weighted by atomic mass is 10.2. The second kappa shape index (κ2) is 3.63. The maximum absolute atomic E-state index is 9.83. The summed E-state index contributed by atoms with van der Waals surface area (Å²) in [5.74, 6) is 0.189. The van der Waals surface area contributed by atoms with Gasteiger partial charge in [-0.3, -0.25) is 0 Å². The molecule has 3 rings (SSSR count). The van der Waals surface area contributed by atoms with E-state index in [0.29, 0.717) is 11.4 Å². The molecule has 4 heteroatoms. The molecular formula is C13H11N3O. The van der Waals surface area contributed by atoms with Crippen LogP contribution in [0.15, 0.2) is 24.3 Å². The number of nitriles is 1. The molecule has 0 amide bonds. The number of hydrogen-bond acceptors (Lipinski definition) is 3. The summed E-state index contributed by atoms with van der Waals surface area (Å²) >= 11 is 0. The third-order valence-corrected chi connectivity index (χ3v) is 3.15. The number of fused-ring (bicyclic) bond motifs is 1. The van der Waals surface area contributed by atoms with Crippen molar-refractivity contribution in [1.82, 2.24) is 9.78 Å². The fourth-order valence-corrected chi connectivity index (χ4v) is 2.37. The van der Waals surface area contributed by atoms with Crippen LogP contribution in [0.5, 0.6) is 5.75 Å². The lowest BCUT2D eigenvalue weighted by Gasteiger charge is -2.06. The average Bonchev–Trinajstić information content (AvgIpc) is 2.91. The number of benzene rings is 1. The topological polar surface area (TPSA) is 61.8 Å². The Bertz CT molecular complexity index is 622. The molecule has 1 aliphatic rings. The van der Waals surface area contributed by atoms with Crippen molar-refractivity contribution < 1.29 is 5.11 Å². The smallest absolute Gasteiger partial charge is 0.166 e. The highest BCUT2D eigenvalue weighted by Gasteiger charge is 2.23. The van der Waals surface area contributed by atoms with Gasteiger partial charge in [-0.05, 0) is 31.4 Å². The molecule has 1 N–H and O–H groups in total. The van der Waals surface area contributed by atoms with Crippen LogP contribution in [-0.4, -0.2) is 14.9 Å². The number of aromatic nitrogens is 2. The van der Waals surface area contributed by atoms with Gasteiger partial charge in [0.2, 0.25) is 0 Å². The zero-order chi connectivity index (χ0) is 11.8. The Balaban J connectivity index is 2.24. The molecule has 0 fully saturated rings. The third kappa shape index (κ3) is 1.40. The van der Waals surface area contributed by atoms with E-state index in [1.165, 1.54) is 0 Å². The molecule has 84 valence electrons. The zero-order valence-electron chi connectivity index (χ0n) is 9.22. The average molecular weight is 225 g/mol. The Kier molecular flexibility index (Phi) is 2.12. The van der Waals surface area contributed by atoms with Crippen molar-refractivity contribution in [3.8, 4) is 17.5 Å². The van der Waals surface area contributed by atoms with Gasteiger partial charge >= 0.3 is 0 Å². The summed E-state index contributed by atoms with van der Waals surface area (Å²) < 4.78 is 1.70. The first-order valence-corrected chi connectivity index (χ1v) is 5.60. The molecule has 0 unspecified atom stereocenters. The van der Waals surface area contributed by atoms with Gasteiger partial charge in [-0.25, -0.2) is 4.68 Å². The summed E-state index contributed by atoms with van der Waals surface area (Å²) in [7, 11) is 0. The second-order valence-electron chi connectivity index (χ2n) is 4.14. The molecule has 0 atom stereocenters. The van der Waals surface area contributed by atoms with E-state index >= 15 is 0 Å². The van der Waals surface area contributed by atoms with Crippen LogP contribution in [0.4, 0.5) is 0 Å². The molecular weight excluding hydrogens is 214 g/mol. The predicted octanol–water partition coefficient (Wildman–Crippen LogP) is 1.94. The highest BCUT2D eigenvalue weighted by Crippen LogP contribution is 2.30. The summed E-state index contributed by atoms with van der Waals surface area (Å²) in [6.07, 6.45) is 2.87. The van der Waals surface area contributed by atoms with Crippen molar-refractivity contribution in [2.75, 3.05) is 0 Å². The Morgan fingerprint density at radius 3 is 2.88 bits per heavy atom. The van der Waals surface area contributed by atoms with E-state index in [4.69, 9.17) is 5.26 Å². The first kappa shape index (κ1) is 9.91. The van der Waals surface area contributed by atoms with Gasteiger partial charge in [-0.15, -0.1) is 0 Å². The van der Waals surface area contributed by atoms with Crippen molar-refractivity contribution in [1.29, 1.82) is 5.26 Å². The molecule has 1 aliphatic carbocycles. The minimum Gasteiger partial charge on any atom is -0.506 e. The minimum atomic E-state index is 0.189. The normalized spacial score (nSPS) is 13.4. The summed E-state index contributed by atoms with van der Waals surface area (Å²) in [5, 5.41) is 23.2. The first-order valence-electron chi connectivity index (χ1n) is 5.60. The van der Waals surface area contributed by atoms with Crippen LogP contribution in [-0.2, 0) is 12.8 Å². The Morgan fingerprint density at radius 2 is 2.12 bits per heavy atom. The number of hydrogen-bond donors (Lipinski definition) is 1. The second-order valence-corrected chi connectivity index (χ2v) is 4.14. The van der Waals surface area contributed by atoms with Gasteiger partial charge in [0.1, 0.15) is 17.5 Å². The van der Waals surface area contributed by atoms with Gasteiger partial charge < -0.3 is 5.11 Å². The quantitative estimate of drug-likeness (QED) is 0.806. The molecule has 0 saturated carbocycles. The van der Waals surface area contributed by atoms with Gasteiger partial charge in [-0.1, -0.05) is 12.1 Å². The molecule has 0 aliphatic heterocycles. The number of para-hydroxylation sites is 2. The summed E-state index contributed by atoms with van der Waals surface area (Å²) in [6, 6.07) is 9.18. The van der Waals surface area contributed by atoms with Gasteiger partial charge in [0.25, 0.3) is 0 Å². The van der Waals surface area contributed by atoms with Crippen LogP contribution < -0.4 is 0 Å².